The predicted molar refractivity (Wildman–Crippen MR) is 94.7 cm³/mol. The summed E-state index contributed by atoms with van der Waals surface area (Å²) in [7, 11) is 1.62. The van der Waals surface area contributed by atoms with Gasteiger partial charge >= 0.3 is 6.18 Å². The Morgan fingerprint density at radius 1 is 1.11 bits per heavy atom. The van der Waals surface area contributed by atoms with Crippen LogP contribution in [0.25, 0.3) is 27.6 Å². The van der Waals surface area contributed by atoms with Gasteiger partial charge in [0.2, 0.25) is 0 Å². The van der Waals surface area contributed by atoms with E-state index < -0.39 is 23.9 Å². The number of fused-ring (bicyclic) bond motifs is 3. The molecule has 4 rings (SSSR count). The van der Waals surface area contributed by atoms with E-state index in [9.17, 15) is 23.1 Å². The van der Waals surface area contributed by atoms with Gasteiger partial charge in [0, 0.05) is 18.1 Å². The predicted octanol–water partition coefficient (Wildman–Crippen LogP) is 3.39. The Labute approximate surface area is 150 Å². The van der Waals surface area contributed by atoms with E-state index in [1.54, 1.807) is 37.4 Å². The molecule has 0 aliphatic carbocycles. The number of hydrogen-bond donors (Lipinski definition) is 1. The van der Waals surface area contributed by atoms with Crippen molar-refractivity contribution in [2.24, 2.45) is 7.05 Å². The number of nitrogens with zero attached hydrogens (tertiary/aromatic N) is 3. The normalized spacial score (nSPS) is 12.2. The maximum absolute atomic E-state index is 13.3. The van der Waals surface area contributed by atoms with Crippen LogP contribution in [0, 0.1) is 0 Å². The molecule has 0 fully saturated rings. The van der Waals surface area contributed by atoms with Crippen molar-refractivity contribution < 1.29 is 18.3 Å². The first-order valence-electron chi connectivity index (χ1n) is 8.10. The first-order chi connectivity index (χ1) is 12.8. The Kier molecular flexibility index (Phi) is 3.81. The van der Waals surface area contributed by atoms with Gasteiger partial charge in [0.15, 0.2) is 5.52 Å². The van der Waals surface area contributed by atoms with Crippen LogP contribution in [0.4, 0.5) is 13.2 Å². The monoisotopic (exact) mass is 373 g/mol. The van der Waals surface area contributed by atoms with Crippen molar-refractivity contribution in [3.63, 3.8) is 0 Å². The molecule has 0 radical (unpaired) electrons. The molecule has 0 amide bonds. The largest absolute Gasteiger partial charge is 0.416 e. The van der Waals surface area contributed by atoms with Crippen LogP contribution in [0.5, 0.6) is 0 Å². The second kappa shape index (κ2) is 5.95. The number of alkyl halides is 3. The van der Waals surface area contributed by atoms with E-state index in [0.29, 0.717) is 16.6 Å². The third-order valence-corrected chi connectivity index (χ3v) is 4.57. The molecule has 0 saturated heterocycles. The van der Waals surface area contributed by atoms with Gasteiger partial charge in [0.1, 0.15) is 12.4 Å². The van der Waals surface area contributed by atoms with Crippen LogP contribution in [0.15, 0.2) is 53.3 Å². The second-order valence-electron chi connectivity index (χ2n) is 6.15. The van der Waals surface area contributed by atoms with Gasteiger partial charge in [0.05, 0.1) is 16.6 Å². The Hall–Kier alpha value is -3.13. The first-order valence-corrected chi connectivity index (χ1v) is 8.10. The maximum Gasteiger partial charge on any atom is 0.416 e. The number of hydrogen-bond acceptors (Lipinski definition) is 3. The number of aryl methyl sites for hydroxylation is 1. The number of rotatable bonds is 2. The van der Waals surface area contributed by atoms with Crippen molar-refractivity contribution in [2.45, 2.75) is 12.8 Å². The van der Waals surface area contributed by atoms with Crippen LogP contribution in [0.3, 0.4) is 0 Å². The van der Waals surface area contributed by atoms with E-state index >= 15 is 0 Å². The van der Waals surface area contributed by atoms with Crippen molar-refractivity contribution in [3.05, 3.63) is 70.3 Å². The highest BCUT2D eigenvalue weighted by Crippen LogP contribution is 2.33. The van der Waals surface area contributed by atoms with Crippen LogP contribution >= 0.6 is 0 Å². The molecule has 0 saturated carbocycles. The zero-order valence-electron chi connectivity index (χ0n) is 14.2. The summed E-state index contributed by atoms with van der Waals surface area (Å²) in [6.07, 6.45) is -4.54. The minimum absolute atomic E-state index is 0.0951. The molecule has 5 nitrogen and oxygen atoms in total. The fraction of sp³-hybridized carbons (Fsp3) is 0.158. The van der Waals surface area contributed by atoms with Gasteiger partial charge in [-0.15, -0.1) is 0 Å². The molecule has 0 aliphatic rings. The van der Waals surface area contributed by atoms with E-state index in [2.05, 4.69) is 4.98 Å². The lowest BCUT2D eigenvalue weighted by Crippen LogP contribution is -2.20. The zero-order valence-corrected chi connectivity index (χ0v) is 14.2. The lowest BCUT2D eigenvalue weighted by atomic mass is 10.1. The number of imidazole rings is 1. The second-order valence-corrected chi connectivity index (χ2v) is 6.15. The van der Waals surface area contributed by atoms with E-state index in [1.165, 1.54) is 15.2 Å². The van der Waals surface area contributed by atoms with Gasteiger partial charge in [-0.05, 0) is 24.3 Å². The molecular formula is C19H14F3N3O2. The van der Waals surface area contributed by atoms with E-state index in [-0.39, 0.29) is 16.9 Å². The van der Waals surface area contributed by atoms with Crippen LogP contribution < -0.4 is 5.56 Å². The molecule has 138 valence electrons. The summed E-state index contributed by atoms with van der Waals surface area (Å²) in [6, 6.07) is 11.7. The average molecular weight is 373 g/mol. The topological polar surface area (TPSA) is 60.0 Å². The molecule has 4 aromatic rings. The zero-order chi connectivity index (χ0) is 19.3. The number of benzene rings is 2. The summed E-state index contributed by atoms with van der Waals surface area (Å²) in [4.78, 5) is 17.3. The Morgan fingerprint density at radius 2 is 1.81 bits per heavy atom. The van der Waals surface area contributed by atoms with E-state index in [4.69, 9.17) is 0 Å². The minimum Gasteiger partial charge on any atom is -0.388 e. The standard InChI is InChI=1S/C19H14F3N3O2/c1-24-15(10-26)23-16-17(24)13-8-7-11(19(20,21)22)9-14(13)25(18(16)27)12-5-3-2-4-6-12/h2-9,26H,10H2,1H3. The molecule has 8 heteroatoms. The van der Waals surface area contributed by atoms with Gasteiger partial charge in [-0.3, -0.25) is 9.36 Å². The molecule has 2 aromatic carbocycles. The summed E-state index contributed by atoms with van der Waals surface area (Å²) >= 11 is 0. The van der Waals surface area contributed by atoms with Crippen LogP contribution in [-0.4, -0.2) is 19.2 Å². The number of para-hydroxylation sites is 1. The van der Waals surface area contributed by atoms with Crippen molar-refractivity contribution >= 4 is 21.9 Å². The highest BCUT2D eigenvalue weighted by atomic mass is 19.4. The van der Waals surface area contributed by atoms with Gasteiger partial charge in [-0.2, -0.15) is 13.2 Å². The number of aliphatic hydroxyl groups excluding tert-OH is 1. The molecule has 27 heavy (non-hydrogen) atoms. The number of halogens is 3. The van der Waals surface area contributed by atoms with E-state index in [0.717, 1.165) is 12.1 Å². The van der Waals surface area contributed by atoms with Crippen LogP contribution in [0.1, 0.15) is 11.4 Å². The molecule has 0 aliphatic heterocycles. The third-order valence-electron chi connectivity index (χ3n) is 4.57. The van der Waals surface area contributed by atoms with Crippen LogP contribution in [-0.2, 0) is 19.8 Å². The number of pyridine rings is 1. The number of aromatic nitrogens is 3. The Balaban J connectivity index is 2.24. The SMILES string of the molecule is Cn1c(CO)nc2c(=O)n(-c3ccccc3)c3cc(C(F)(F)F)ccc3c21. The Morgan fingerprint density at radius 3 is 2.44 bits per heavy atom. The fourth-order valence-electron chi connectivity index (χ4n) is 3.29. The molecule has 0 atom stereocenters. The molecular weight excluding hydrogens is 359 g/mol. The summed E-state index contributed by atoms with van der Waals surface area (Å²) in [5.41, 5.74) is -0.343. The summed E-state index contributed by atoms with van der Waals surface area (Å²) in [6.45, 7) is -0.391. The Bertz CT molecular complexity index is 1220. The lowest BCUT2D eigenvalue weighted by molar-refractivity contribution is -0.137. The van der Waals surface area contributed by atoms with Crippen LogP contribution in [0.2, 0.25) is 0 Å². The first kappa shape index (κ1) is 17.3. The molecule has 0 unspecified atom stereocenters. The fourth-order valence-corrected chi connectivity index (χ4v) is 3.29. The molecule has 0 bridgehead atoms. The van der Waals surface area contributed by atoms with Gasteiger partial charge in [-0.25, -0.2) is 4.98 Å². The maximum atomic E-state index is 13.3. The summed E-state index contributed by atoms with van der Waals surface area (Å²) in [5, 5.41) is 9.92. The van der Waals surface area contributed by atoms with Crippen molar-refractivity contribution in [1.82, 2.24) is 14.1 Å². The summed E-state index contributed by atoms with van der Waals surface area (Å²) in [5.74, 6) is 0.258. The highest BCUT2D eigenvalue weighted by Gasteiger charge is 2.31. The smallest absolute Gasteiger partial charge is 0.388 e. The van der Waals surface area contributed by atoms with Gasteiger partial charge in [-0.1, -0.05) is 24.3 Å². The third kappa shape index (κ3) is 2.60. The molecule has 0 spiro atoms. The van der Waals surface area contributed by atoms with Crippen molar-refractivity contribution in [1.29, 1.82) is 0 Å². The highest BCUT2D eigenvalue weighted by molar-refractivity contribution is 6.03. The minimum atomic E-state index is -4.54. The van der Waals surface area contributed by atoms with E-state index in [1.807, 2.05) is 0 Å². The molecule has 1 N–H and O–H groups in total. The lowest BCUT2D eigenvalue weighted by Gasteiger charge is -2.14. The average Bonchev–Trinajstić information content (AvgIpc) is 2.99. The van der Waals surface area contributed by atoms with Gasteiger partial charge in [0.25, 0.3) is 5.56 Å². The summed E-state index contributed by atoms with van der Waals surface area (Å²) < 4.78 is 42.5. The van der Waals surface area contributed by atoms with Gasteiger partial charge < -0.3 is 9.67 Å². The number of aliphatic hydroxyl groups is 1. The van der Waals surface area contributed by atoms with Crippen molar-refractivity contribution in [2.75, 3.05) is 0 Å². The quantitative estimate of drug-likeness (QED) is 0.586. The van der Waals surface area contributed by atoms with Crippen molar-refractivity contribution in [3.8, 4) is 5.69 Å². The molecule has 2 aromatic heterocycles. The molecule has 2 heterocycles.